The third-order valence-electron chi connectivity index (χ3n) is 4.82. The number of nitrogens with one attached hydrogen (secondary N) is 1. The lowest BCUT2D eigenvalue weighted by molar-refractivity contribution is -0.125. The fraction of sp³-hybridized carbons (Fsp3) is 0.227. The molecule has 3 aromatic rings. The number of primary amides is 1. The Hall–Kier alpha value is -3.45. The van der Waals surface area contributed by atoms with E-state index in [4.69, 9.17) is 15.2 Å². The third-order valence-corrected chi connectivity index (χ3v) is 4.82. The van der Waals surface area contributed by atoms with Gasteiger partial charge in [-0.05, 0) is 35.4 Å². The van der Waals surface area contributed by atoms with Crippen molar-refractivity contribution in [2.75, 3.05) is 14.2 Å². The van der Waals surface area contributed by atoms with Gasteiger partial charge in [-0.3, -0.25) is 20.1 Å². The van der Waals surface area contributed by atoms with Gasteiger partial charge < -0.3 is 15.2 Å². The molecule has 0 saturated carbocycles. The molecule has 0 radical (unpaired) electrons. The van der Waals surface area contributed by atoms with Crippen molar-refractivity contribution in [2.24, 2.45) is 5.73 Å². The van der Waals surface area contributed by atoms with E-state index in [9.17, 15) is 4.79 Å². The Balaban J connectivity index is 2.12. The molecular formula is C22H24N4O3. The smallest absolute Gasteiger partial charge is 0.242 e. The van der Waals surface area contributed by atoms with Gasteiger partial charge in [-0.25, -0.2) is 0 Å². The lowest BCUT2D eigenvalue weighted by Crippen LogP contribution is -2.54. The summed E-state index contributed by atoms with van der Waals surface area (Å²) in [5.74, 6) is 0.453. The van der Waals surface area contributed by atoms with Crippen LogP contribution in [0.15, 0.2) is 67.3 Å². The van der Waals surface area contributed by atoms with Crippen LogP contribution in [0, 0.1) is 0 Å². The molecule has 0 aliphatic rings. The van der Waals surface area contributed by atoms with Crippen LogP contribution in [-0.2, 0) is 23.3 Å². The number of nitrogens with zero attached hydrogens (tertiary/aromatic N) is 2. The van der Waals surface area contributed by atoms with Crippen LogP contribution in [0.3, 0.4) is 0 Å². The van der Waals surface area contributed by atoms with E-state index in [0.717, 1.165) is 11.1 Å². The summed E-state index contributed by atoms with van der Waals surface area (Å²) in [6, 6.07) is 12.9. The van der Waals surface area contributed by atoms with Gasteiger partial charge in [0.05, 0.1) is 14.2 Å². The largest absolute Gasteiger partial charge is 0.493 e. The van der Waals surface area contributed by atoms with E-state index in [2.05, 4.69) is 15.3 Å². The minimum absolute atomic E-state index is 0.296. The van der Waals surface area contributed by atoms with Crippen LogP contribution < -0.4 is 20.5 Å². The van der Waals surface area contributed by atoms with Gasteiger partial charge in [0, 0.05) is 43.3 Å². The molecule has 1 amide bonds. The number of hydrogen-bond donors (Lipinski definition) is 2. The maximum absolute atomic E-state index is 12.9. The van der Waals surface area contributed by atoms with Gasteiger partial charge in [-0.1, -0.05) is 18.2 Å². The van der Waals surface area contributed by atoms with Crippen molar-refractivity contribution in [1.82, 2.24) is 15.3 Å². The van der Waals surface area contributed by atoms with Crippen molar-refractivity contribution < 1.29 is 14.3 Å². The predicted molar refractivity (Wildman–Crippen MR) is 109 cm³/mol. The molecule has 0 aliphatic carbocycles. The standard InChI is InChI=1S/C22H24N4O3/c1-28-19-7-3-6-18(20(19)29-2)22(21(23)27,13-17-5-4-10-25-14-17)26-15-16-8-11-24-12-9-16/h3-12,14,26H,13,15H2,1-2H3,(H2,23,27). The molecule has 0 spiro atoms. The number of aromatic nitrogens is 2. The summed E-state index contributed by atoms with van der Waals surface area (Å²) in [5, 5.41) is 3.37. The molecule has 1 atom stereocenters. The second kappa shape index (κ2) is 9.16. The number of rotatable bonds is 9. The number of amides is 1. The zero-order chi connectivity index (χ0) is 20.7. The maximum Gasteiger partial charge on any atom is 0.242 e. The van der Waals surface area contributed by atoms with Crippen LogP contribution in [-0.4, -0.2) is 30.1 Å². The van der Waals surface area contributed by atoms with Crippen molar-refractivity contribution >= 4 is 5.91 Å². The number of methoxy groups -OCH3 is 2. The van der Waals surface area contributed by atoms with Crippen molar-refractivity contribution in [3.8, 4) is 11.5 Å². The van der Waals surface area contributed by atoms with Gasteiger partial charge in [0.15, 0.2) is 11.5 Å². The minimum atomic E-state index is -1.24. The topological polar surface area (TPSA) is 99.4 Å². The summed E-state index contributed by atoms with van der Waals surface area (Å²) in [5.41, 5.74) is 7.19. The molecule has 7 heteroatoms. The Bertz CT molecular complexity index is 951. The molecular weight excluding hydrogens is 368 g/mol. The predicted octanol–water partition coefficient (Wildman–Crippen LogP) is 2.21. The molecule has 2 aromatic heterocycles. The Kier molecular flexibility index (Phi) is 6.41. The number of pyridine rings is 2. The van der Waals surface area contributed by atoms with E-state index in [1.54, 1.807) is 45.1 Å². The Morgan fingerprint density at radius 2 is 1.79 bits per heavy atom. The average Bonchev–Trinajstić information content (AvgIpc) is 2.77. The molecule has 0 saturated heterocycles. The third kappa shape index (κ3) is 4.35. The van der Waals surface area contributed by atoms with Gasteiger partial charge in [0.25, 0.3) is 0 Å². The number of para-hydroxylation sites is 1. The summed E-state index contributed by atoms with van der Waals surface area (Å²) in [4.78, 5) is 21.2. The Morgan fingerprint density at radius 3 is 2.41 bits per heavy atom. The van der Waals surface area contributed by atoms with Crippen LogP contribution in [0.25, 0.3) is 0 Å². The first-order valence-corrected chi connectivity index (χ1v) is 9.15. The fourth-order valence-electron chi connectivity index (χ4n) is 3.35. The summed E-state index contributed by atoms with van der Waals surface area (Å²) in [7, 11) is 3.10. The van der Waals surface area contributed by atoms with Crippen LogP contribution >= 0.6 is 0 Å². The highest BCUT2D eigenvalue weighted by Gasteiger charge is 2.41. The number of benzene rings is 1. The van der Waals surface area contributed by atoms with Crippen LogP contribution in [0.1, 0.15) is 16.7 Å². The molecule has 3 N–H and O–H groups in total. The lowest BCUT2D eigenvalue weighted by Gasteiger charge is -2.34. The van der Waals surface area contributed by atoms with E-state index >= 15 is 0 Å². The van der Waals surface area contributed by atoms with E-state index in [1.165, 1.54) is 0 Å². The molecule has 1 aromatic carbocycles. The molecule has 0 fully saturated rings. The number of carbonyl (C=O) groups is 1. The monoisotopic (exact) mass is 392 g/mol. The maximum atomic E-state index is 12.9. The molecule has 2 heterocycles. The average molecular weight is 392 g/mol. The molecule has 0 bridgehead atoms. The molecule has 0 aliphatic heterocycles. The van der Waals surface area contributed by atoms with Crippen molar-refractivity contribution in [2.45, 2.75) is 18.5 Å². The van der Waals surface area contributed by atoms with E-state index < -0.39 is 11.4 Å². The highest BCUT2D eigenvalue weighted by Crippen LogP contribution is 2.39. The fourth-order valence-corrected chi connectivity index (χ4v) is 3.35. The van der Waals surface area contributed by atoms with Crippen LogP contribution in [0.2, 0.25) is 0 Å². The van der Waals surface area contributed by atoms with Gasteiger partial charge in [-0.2, -0.15) is 0 Å². The van der Waals surface area contributed by atoms with E-state index in [1.807, 2.05) is 36.4 Å². The SMILES string of the molecule is COc1cccc(C(Cc2cccnc2)(NCc2ccncc2)C(N)=O)c1OC. The molecule has 150 valence electrons. The normalized spacial score (nSPS) is 12.8. The zero-order valence-electron chi connectivity index (χ0n) is 16.5. The first kappa shape index (κ1) is 20.3. The lowest BCUT2D eigenvalue weighted by atomic mass is 9.82. The summed E-state index contributed by atoms with van der Waals surface area (Å²) >= 11 is 0. The molecule has 7 nitrogen and oxygen atoms in total. The van der Waals surface area contributed by atoms with Crippen molar-refractivity contribution in [1.29, 1.82) is 0 Å². The quantitative estimate of drug-likeness (QED) is 0.579. The van der Waals surface area contributed by atoms with Crippen molar-refractivity contribution in [3.05, 3.63) is 83.9 Å². The molecule has 3 rings (SSSR count). The van der Waals surface area contributed by atoms with Gasteiger partial charge in [-0.15, -0.1) is 0 Å². The second-order valence-electron chi connectivity index (χ2n) is 6.56. The minimum Gasteiger partial charge on any atom is -0.493 e. The molecule has 29 heavy (non-hydrogen) atoms. The van der Waals surface area contributed by atoms with Crippen molar-refractivity contribution in [3.63, 3.8) is 0 Å². The summed E-state index contributed by atoms with van der Waals surface area (Å²) < 4.78 is 11.1. The number of nitrogens with two attached hydrogens (primary N) is 1. The van der Waals surface area contributed by atoms with Gasteiger partial charge in [0.2, 0.25) is 5.91 Å². The van der Waals surface area contributed by atoms with E-state index in [-0.39, 0.29) is 0 Å². The first-order valence-electron chi connectivity index (χ1n) is 9.15. The second-order valence-corrected chi connectivity index (χ2v) is 6.56. The Labute approximate surface area is 169 Å². The molecule has 1 unspecified atom stereocenters. The highest BCUT2D eigenvalue weighted by molar-refractivity contribution is 5.88. The number of carbonyl (C=O) groups excluding carboxylic acids is 1. The number of hydrogen-bond acceptors (Lipinski definition) is 6. The first-order chi connectivity index (χ1) is 14.1. The highest BCUT2D eigenvalue weighted by atomic mass is 16.5. The van der Waals surface area contributed by atoms with E-state index in [0.29, 0.717) is 30.0 Å². The zero-order valence-corrected chi connectivity index (χ0v) is 16.5. The summed E-state index contributed by atoms with van der Waals surface area (Å²) in [6.45, 7) is 0.409. The van der Waals surface area contributed by atoms with Gasteiger partial charge >= 0.3 is 0 Å². The van der Waals surface area contributed by atoms with Crippen LogP contribution in [0.5, 0.6) is 11.5 Å². The van der Waals surface area contributed by atoms with Gasteiger partial charge in [0.1, 0.15) is 5.54 Å². The number of ether oxygens (including phenoxy) is 2. The Morgan fingerprint density at radius 1 is 1.00 bits per heavy atom. The van der Waals surface area contributed by atoms with Crippen LogP contribution in [0.4, 0.5) is 0 Å². The summed E-state index contributed by atoms with van der Waals surface area (Å²) in [6.07, 6.45) is 7.11.